The van der Waals surface area contributed by atoms with E-state index < -0.39 is 5.60 Å². The van der Waals surface area contributed by atoms with Crippen LogP contribution < -0.4 is 0 Å². The van der Waals surface area contributed by atoms with Gasteiger partial charge < -0.3 is 19.3 Å². The first-order chi connectivity index (χ1) is 18.3. The number of esters is 2. The van der Waals surface area contributed by atoms with E-state index in [1.54, 1.807) is 6.92 Å². The summed E-state index contributed by atoms with van der Waals surface area (Å²) in [5.41, 5.74) is -1.10. The normalized spacial score (nSPS) is 49.9. The predicted molar refractivity (Wildman–Crippen MR) is 154 cm³/mol. The van der Waals surface area contributed by atoms with Crippen LogP contribution in [0.25, 0.3) is 0 Å². The lowest BCUT2D eigenvalue weighted by molar-refractivity contribution is -0.254. The van der Waals surface area contributed by atoms with Crippen LogP contribution in [0.1, 0.15) is 127 Å². The van der Waals surface area contributed by atoms with Crippen LogP contribution in [0.15, 0.2) is 0 Å². The Morgan fingerprint density at radius 1 is 0.800 bits per heavy atom. The maximum Gasteiger partial charge on any atom is 0.302 e. The summed E-state index contributed by atoms with van der Waals surface area (Å²) in [6.07, 6.45) is 8.68. The van der Waals surface area contributed by atoms with E-state index in [-0.39, 0.29) is 69.3 Å². The largest absolute Gasteiger partial charge is 0.462 e. The van der Waals surface area contributed by atoms with Gasteiger partial charge in [0, 0.05) is 25.2 Å². The molecule has 6 heteroatoms. The number of hydrogen-bond donors (Lipinski definition) is 1. The summed E-state index contributed by atoms with van der Waals surface area (Å²) in [6.45, 7) is 21.2. The molecule has 0 unspecified atom stereocenters. The van der Waals surface area contributed by atoms with Crippen molar-refractivity contribution < 1.29 is 28.9 Å². The van der Waals surface area contributed by atoms with Gasteiger partial charge in [0.05, 0.1) is 17.3 Å². The van der Waals surface area contributed by atoms with E-state index in [1.807, 2.05) is 13.8 Å². The van der Waals surface area contributed by atoms with Crippen molar-refractivity contribution in [3.8, 4) is 0 Å². The first kappa shape index (κ1) is 30.3. The molecular formula is C34H56O6. The fraction of sp³-hybridized carbons (Fsp3) is 0.941. The first-order valence-electron chi connectivity index (χ1n) is 16.0. The van der Waals surface area contributed by atoms with E-state index in [4.69, 9.17) is 14.2 Å². The Morgan fingerprint density at radius 3 is 2.00 bits per heavy atom. The third kappa shape index (κ3) is 4.31. The molecule has 0 spiro atoms. The smallest absolute Gasteiger partial charge is 0.302 e. The number of ether oxygens (including phenoxy) is 3. The molecule has 5 aliphatic rings. The molecule has 0 bridgehead atoms. The van der Waals surface area contributed by atoms with E-state index >= 15 is 0 Å². The standard InChI is InChI=1S/C34H56O6/c1-20(35)38-23-19-25-31(7)15-13-26(39-21(2)36)29(3,4)24(31)12-17-32(25,8)33(9)16-11-22(28(23)33)34(10)18-14-27(40-34)30(5,6)37/h22-28,37H,11-19H2,1-10H3/t22-,23+,24-,25-,26+,27-,28+,31-,32+,33+,34+/m0/s1. The number of fused-ring (bicyclic) bond motifs is 5. The fourth-order valence-corrected chi connectivity index (χ4v) is 11.8. The molecule has 0 aromatic carbocycles. The Balaban J connectivity index is 1.52. The monoisotopic (exact) mass is 560 g/mol. The second kappa shape index (κ2) is 9.43. The highest BCUT2D eigenvalue weighted by atomic mass is 16.6. The molecule has 1 aliphatic heterocycles. The van der Waals surface area contributed by atoms with E-state index in [0.717, 1.165) is 57.8 Å². The Labute approximate surface area is 242 Å². The average molecular weight is 561 g/mol. The third-order valence-electron chi connectivity index (χ3n) is 13.8. The minimum Gasteiger partial charge on any atom is -0.462 e. The topological polar surface area (TPSA) is 82.1 Å². The quantitative estimate of drug-likeness (QED) is 0.379. The van der Waals surface area contributed by atoms with Gasteiger partial charge in [-0.05, 0) is 113 Å². The summed E-state index contributed by atoms with van der Waals surface area (Å²) in [5.74, 6) is 1.00. The van der Waals surface area contributed by atoms with Crippen LogP contribution in [-0.2, 0) is 23.8 Å². The molecule has 5 fully saturated rings. The van der Waals surface area contributed by atoms with Crippen LogP contribution in [0.4, 0.5) is 0 Å². The molecule has 4 saturated carbocycles. The molecule has 0 amide bonds. The maximum atomic E-state index is 12.6. The molecule has 6 nitrogen and oxygen atoms in total. The van der Waals surface area contributed by atoms with Gasteiger partial charge in [-0.15, -0.1) is 0 Å². The molecule has 1 heterocycles. The van der Waals surface area contributed by atoms with Gasteiger partial charge in [-0.2, -0.15) is 0 Å². The molecule has 11 atom stereocenters. The molecule has 228 valence electrons. The Kier molecular flexibility index (Phi) is 7.15. The van der Waals surface area contributed by atoms with E-state index in [0.29, 0.717) is 11.8 Å². The third-order valence-corrected chi connectivity index (χ3v) is 13.8. The highest BCUT2D eigenvalue weighted by molar-refractivity contribution is 5.66. The Morgan fingerprint density at radius 2 is 1.43 bits per heavy atom. The number of aliphatic hydroxyl groups is 1. The number of hydrogen-bond acceptors (Lipinski definition) is 6. The van der Waals surface area contributed by atoms with E-state index in [1.165, 1.54) is 6.92 Å². The summed E-state index contributed by atoms with van der Waals surface area (Å²) >= 11 is 0. The van der Waals surface area contributed by atoms with Crippen LogP contribution in [0.2, 0.25) is 0 Å². The van der Waals surface area contributed by atoms with Crippen LogP contribution in [0.5, 0.6) is 0 Å². The second-order valence-electron chi connectivity index (χ2n) is 16.6. The summed E-state index contributed by atoms with van der Waals surface area (Å²) in [6, 6.07) is 0. The molecular weight excluding hydrogens is 504 g/mol. The molecule has 1 N–H and O–H groups in total. The Bertz CT molecular complexity index is 1030. The molecule has 0 aromatic heterocycles. The van der Waals surface area contributed by atoms with Gasteiger partial charge in [0.15, 0.2) is 0 Å². The SMILES string of the molecule is CC(=O)O[C@@H]1C[C@H]2[C@@]3(C)CC[C@@H](OC(C)=O)C(C)(C)[C@@H]3CC[C@@]2(C)[C@]2(C)CC[C@H]([C@@]3(C)CC[C@@H](C(C)(C)O)O3)[C@H]12. The molecule has 4 aliphatic carbocycles. The second-order valence-corrected chi connectivity index (χ2v) is 16.6. The van der Waals surface area contributed by atoms with Gasteiger partial charge in [0.25, 0.3) is 0 Å². The molecule has 1 saturated heterocycles. The van der Waals surface area contributed by atoms with Gasteiger partial charge in [0.2, 0.25) is 0 Å². The van der Waals surface area contributed by atoms with Crippen molar-refractivity contribution in [2.75, 3.05) is 0 Å². The van der Waals surface area contributed by atoms with Gasteiger partial charge in [0.1, 0.15) is 12.2 Å². The van der Waals surface area contributed by atoms with Crippen molar-refractivity contribution in [3.05, 3.63) is 0 Å². The van der Waals surface area contributed by atoms with Crippen molar-refractivity contribution in [2.24, 2.45) is 45.3 Å². The highest BCUT2D eigenvalue weighted by Gasteiger charge is 2.72. The summed E-state index contributed by atoms with van der Waals surface area (Å²) in [5, 5.41) is 10.8. The minimum absolute atomic E-state index is 0.0186. The van der Waals surface area contributed by atoms with Gasteiger partial charge in [-0.25, -0.2) is 0 Å². The lowest BCUT2D eigenvalue weighted by atomic mass is 9.35. The molecule has 40 heavy (non-hydrogen) atoms. The number of rotatable bonds is 4. The van der Waals surface area contributed by atoms with Gasteiger partial charge in [-0.1, -0.05) is 34.6 Å². The zero-order valence-electron chi connectivity index (χ0n) is 26.9. The zero-order valence-corrected chi connectivity index (χ0v) is 26.9. The van der Waals surface area contributed by atoms with Crippen LogP contribution in [-0.4, -0.2) is 46.6 Å². The highest BCUT2D eigenvalue weighted by Crippen LogP contribution is 2.76. The van der Waals surface area contributed by atoms with Crippen molar-refractivity contribution >= 4 is 11.9 Å². The average Bonchev–Trinajstić information content (AvgIpc) is 3.39. The van der Waals surface area contributed by atoms with Crippen LogP contribution in [0.3, 0.4) is 0 Å². The van der Waals surface area contributed by atoms with Crippen molar-refractivity contribution in [1.29, 1.82) is 0 Å². The van der Waals surface area contributed by atoms with Crippen molar-refractivity contribution in [3.63, 3.8) is 0 Å². The zero-order chi connectivity index (χ0) is 29.7. The van der Waals surface area contributed by atoms with Gasteiger partial charge >= 0.3 is 11.9 Å². The first-order valence-corrected chi connectivity index (χ1v) is 16.0. The summed E-state index contributed by atoms with van der Waals surface area (Å²) in [4.78, 5) is 24.6. The van der Waals surface area contributed by atoms with Crippen molar-refractivity contribution in [1.82, 2.24) is 0 Å². The molecule has 0 aromatic rings. The lowest BCUT2D eigenvalue weighted by Gasteiger charge is -2.70. The van der Waals surface area contributed by atoms with E-state index in [2.05, 4.69) is 41.5 Å². The molecule has 5 rings (SSSR count). The van der Waals surface area contributed by atoms with Crippen LogP contribution >= 0.6 is 0 Å². The number of carbonyl (C=O) groups is 2. The molecule has 0 radical (unpaired) electrons. The maximum absolute atomic E-state index is 12.6. The predicted octanol–water partition coefficient (Wildman–Crippen LogP) is 6.85. The van der Waals surface area contributed by atoms with E-state index in [9.17, 15) is 14.7 Å². The van der Waals surface area contributed by atoms with Crippen molar-refractivity contribution in [2.45, 2.75) is 157 Å². The fourth-order valence-electron chi connectivity index (χ4n) is 11.8. The summed E-state index contributed by atoms with van der Waals surface area (Å²) < 4.78 is 19.0. The van der Waals surface area contributed by atoms with Crippen LogP contribution in [0, 0.1) is 45.3 Å². The number of carbonyl (C=O) groups excluding carboxylic acids is 2. The lowest BCUT2D eigenvalue weighted by Crippen LogP contribution is -2.67. The van der Waals surface area contributed by atoms with Gasteiger partial charge in [-0.3, -0.25) is 9.59 Å². The summed E-state index contributed by atoms with van der Waals surface area (Å²) in [7, 11) is 0. The Hall–Kier alpha value is -1.14. The minimum atomic E-state index is -0.872.